The Morgan fingerprint density at radius 2 is 2.16 bits per heavy atom. The second-order valence-corrected chi connectivity index (χ2v) is 4.52. The highest BCUT2D eigenvalue weighted by atomic mass is 16.5. The first-order valence-corrected chi connectivity index (χ1v) is 6.22. The summed E-state index contributed by atoms with van der Waals surface area (Å²) >= 11 is 0. The van der Waals surface area contributed by atoms with E-state index in [-0.39, 0.29) is 6.61 Å². The number of nitrogens with zero attached hydrogens (tertiary/aromatic N) is 2. The number of hydrogen-bond acceptors (Lipinski definition) is 5. The van der Waals surface area contributed by atoms with Crippen LogP contribution in [-0.2, 0) is 17.6 Å². The minimum absolute atomic E-state index is 0.259. The fraction of sp³-hybridized carbons (Fsp3) is 0.429. The number of aryl methyl sites for hydroxylation is 1. The smallest absolute Gasteiger partial charge is 0.229 e. The summed E-state index contributed by atoms with van der Waals surface area (Å²) in [4.78, 5) is 4.28. The van der Waals surface area contributed by atoms with E-state index >= 15 is 0 Å². The third-order valence-electron chi connectivity index (χ3n) is 2.89. The van der Waals surface area contributed by atoms with E-state index in [0.717, 1.165) is 0 Å². The summed E-state index contributed by atoms with van der Waals surface area (Å²) in [5.41, 5.74) is 2.38. The number of rotatable bonds is 6. The lowest BCUT2D eigenvalue weighted by Crippen LogP contribution is -2.17. The number of aromatic nitrogens is 2. The van der Waals surface area contributed by atoms with E-state index in [1.807, 2.05) is 18.2 Å². The topological polar surface area (TPSA) is 68.4 Å². The minimum Gasteiger partial charge on any atom is -0.390 e. The van der Waals surface area contributed by atoms with Gasteiger partial charge in [0, 0.05) is 13.5 Å². The zero-order chi connectivity index (χ0) is 13.7. The van der Waals surface area contributed by atoms with Crippen molar-refractivity contribution >= 4 is 0 Å². The lowest BCUT2D eigenvalue weighted by molar-refractivity contribution is 0.0599. The molecule has 0 spiro atoms. The molecule has 19 heavy (non-hydrogen) atoms. The van der Waals surface area contributed by atoms with Crippen molar-refractivity contribution in [2.45, 2.75) is 25.9 Å². The van der Waals surface area contributed by atoms with Gasteiger partial charge in [-0.15, -0.1) is 0 Å². The highest BCUT2D eigenvalue weighted by Gasteiger charge is 2.12. The van der Waals surface area contributed by atoms with Gasteiger partial charge < -0.3 is 14.4 Å². The summed E-state index contributed by atoms with van der Waals surface area (Å²) in [6.45, 7) is 2.31. The van der Waals surface area contributed by atoms with Crippen molar-refractivity contribution in [2.24, 2.45) is 0 Å². The van der Waals surface area contributed by atoms with Crippen LogP contribution in [0.1, 0.15) is 22.8 Å². The first-order valence-electron chi connectivity index (χ1n) is 6.22. The van der Waals surface area contributed by atoms with E-state index in [1.54, 1.807) is 7.11 Å². The molecule has 0 saturated carbocycles. The maximum Gasteiger partial charge on any atom is 0.229 e. The monoisotopic (exact) mass is 262 g/mol. The average Bonchev–Trinajstić information content (AvgIpc) is 2.80. The molecule has 1 aromatic carbocycles. The Bertz CT molecular complexity index is 525. The fourth-order valence-corrected chi connectivity index (χ4v) is 1.88. The lowest BCUT2D eigenvalue weighted by atomic mass is 10.1. The molecule has 0 amide bonds. The Balaban J connectivity index is 2.00. The maximum absolute atomic E-state index is 9.59. The third kappa shape index (κ3) is 3.87. The van der Waals surface area contributed by atoms with Crippen molar-refractivity contribution < 1.29 is 14.4 Å². The van der Waals surface area contributed by atoms with Crippen LogP contribution in [0.2, 0.25) is 0 Å². The van der Waals surface area contributed by atoms with Crippen LogP contribution in [0.5, 0.6) is 0 Å². The van der Waals surface area contributed by atoms with Gasteiger partial charge in [-0.1, -0.05) is 29.4 Å². The molecule has 102 valence electrons. The Morgan fingerprint density at radius 1 is 1.37 bits per heavy atom. The first kappa shape index (κ1) is 13.7. The summed E-state index contributed by atoms with van der Waals surface area (Å²) in [5.74, 6) is 1.07. The van der Waals surface area contributed by atoms with E-state index in [2.05, 4.69) is 23.1 Å². The van der Waals surface area contributed by atoms with E-state index in [4.69, 9.17) is 9.26 Å². The SMILES string of the molecule is COCC(O)Cc1nc(Cc2ccccc2C)no1. The van der Waals surface area contributed by atoms with Gasteiger partial charge in [-0.25, -0.2) is 0 Å². The van der Waals surface area contributed by atoms with Crippen molar-refractivity contribution in [1.29, 1.82) is 0 Å². The number of hydrogen-bond donors (Lipinski definition) is 1. The number of aliphatic hydroxyl groups is 1. The molecular formula is C14H18N2O3. The molecule has 2 rings (SSSR count). The summed E-state index contributed by atoms with van der Waals surface area (Å²) in [5, 5.41) is 13.5. The molecule has 0 radical (unpaired) electrons. The van der Waals surface area contributed by atoms with E-state index < -0.39 is 6.10 Å². The molecule has 0 aliphatic rings. The third-order valence-corrected chi connectivity index (χ3v) is 2.89. The molecule has 0 bridgehead atoms. The second kappa shape index (κ2) is 6.45. The molecule has 0 aliphatic heterocycles. The minimum atomic E-state index is -0.614. The van der Waals surface area contributed by atoms with Gasteiger partial charge in [0.2, 0.25) is 5.89 Å². The van der Waals surface area contributed by atoms with Crippen LogP contribution in [-0.4, -0.2) is 35.1 Å². The Hall–Kier alpha value is -1.72. The number of ether oxygens (including phenoxy) is 1. The van der Waals surface area contributed by atoms with Crippen LogP contribution in [0.25, 0.3) is 0 Å². The van der Waals surface area contributed by atoms with Gasteiger partial charge in [0.05, 0.1) is 19.1 Å². The van der Waals surface area contributed by atoms with Gasteiger partial charge in [-0.2, -0.15) is 4.98 Å². The summed E-state index contributed by atoms with van der Waals surface area (Å²) < 4.78 is 9.97. The normalized spacial score (nSPS) is 12.6. The predicted octanol–water partition coefficient (Wildman–Crippen LogP) is 1.52. The van der Waals surface area contributed by atoms with Crippen LogP contribution in [0.3, 0.4) is 0 Å². The number of benzene rings is 1. The van der Waals surface area contributed by atoms with E-state index in [1.165, 1.54) is 11.1 Å². The van der Waals surface area contributed by atoms with Crippen molar-refractivity contribution in [3.8, 4) is 0 Å². The fourth-order valence-electron chi connectivity index (χ4n) is 1.88. The molecule has 0 fully saturated rings. The second-order valence-electron chi connectivity index (χ2n) is 4.52. The first-order chi connectivity index (χ1) is 9.19. The van der Waals surface area contributed by atoms with Crippen LogP contribution < -0.4 is 0 Å². The van der Waals surface area contributed by atoms with Crippen LogP contribution in [0, 0.1) is 6.92 Å². The summed E-state index contributed by atoms with van der Waals surface area (Å²) in [6.07, 6.45) is 0.335. The van der Waals surface area contributed by atoms with Crippen LogP contribution in [0.4, 0.5) is 0 Å². The van der Waals surface area contributed by atoms with Gasteiger partial charge in [0.15, 0.2) is 5.82 Å². The summed E-state index contributed by atoms with van der Waals surface area (Å²) in [7, 11) is 1.54. The van der Waals surface area contributed by atoms with E-state index in [0.29, 0.717) is 24.6 Å². The molecule has 1 unspecified atom stereocenters. The highest BCUT2D eigenvalue weighted by Crippen LogP contribution is 2.12. The molecule has 1 N–H and O–H groups in total. The summed E-state index contributed by atoms with van der Waals surface area (Å²) in [6, 6.07) is 8.09. The molecule has 5 nitrogen and oxygen atoms in total. The molecule has 0 saturated heterocycles. The Kier molecular flexibility index (Phi) is 4.65. The van der Waals surface area contributed by atoms with Gasteiger partial charge in [-0.3, -0.25) is 0 Å². The van der Waals surface area contributed by atoms with Gasteiger partial charge in [0.1, 0.15) is 0 Å². The largest absolute Gasteiger partial charge is 0.390 e. The Morgan fingerprint density at radius 3 is 2.89 bits per heavy atom. The van der Waals surface area contributed by atoms with Crippen LogP contribution in [0.15, 0.2) is 28.8 Å². The van der Waals surface area contributed by atoms with Crippen molar-refractivity contribution in [1.82, 2.24) is 10.1 Å². The molecule has 5 heteroatoms. The molecular weight excluding hydrogens is 244 g/mol. The van der Waals surface area contributed by atoms with Gasteiger partial charge in [-0.05, 0) is 18.1 Å². The number of methoxy groups -OCH3 is 1. The van der Waals surface area contributed by atoms with Gasteiger partial charge >= 0.3 is 0 Å². The Labute approximate surface area is 112 Å². The van der Waals surface area contributed by atoms with Crippen molar-refractivity contribution in [3.63, 3.8) is 0 Å². The maximum atomic E-state index is 9.59. The predicted molar refractivity (Wildman–Crippen MR) is 69.9 cm³/mol. The molecule has 0 aliphatic carbocycles. The lowest BCUT2D eigenvalue weighted by Gasteiger charge is -2.04. The van der Waals surface area contributed by atoms with E-state index in [9.17, 15) is 5.11 Å². The molecule has 2 aromatic rings. The molecule has 1 atom stereocenters. The molecule has 1 heterocycles. The highest BCUT2D eigenvalue weighted by molar-refractivity contribution is 5.27. The zero-order valence-electron chi connectivity index (χ0n) is 11.2. The number of aliphatic hydroxyl groups excluding tert-OH is 1. The van der Waals surface area contributed by atoms with Crippen molar-refractivity contribution in [3.05, 3.63) is 47.1 Å². The van der Waals surface area contributed by atoms with Crippen molar-refractivity contribution in [2.75, 3.05) is 13.7 Å². The average molecular weight is 262 g/mol. The standard InChI is InChI=1S/C14H18N2O3/c1-10-5-3-4-6-11(10)7-13-15-14(19-16-13)8-12(17)9-18-2/h3-6,12,17H,7-9H2,1-2H3. The van der Waals surface area contributed by atoms with Crippen LogP contribution >= 0.6 is 0 Å². The molecule has 1 aromatic heterocycles. The zero-order valence-corrected chi connectivity index (χ0v) is 11.2. The van der Waals surface area contributed by atoms with Gasteiger partial charge in [0.25, 0.3) is 0 Å². The quantitative estimate of drug-likeness (QED) is 0.854.